The molecular formula is C14H17P. The Morgan fingerprint density at radius 3 is 1.27 bits per heavy atom. The van der Waals surface area contributed by atoms with Gasteiger partial charge in [0.05, 0.1) is 0 Å². The summed E-state index contributed by atoms with van der Waals surface area (Å²) in [6.45, 7) is 4.80. The van der Waals surface area contributed by atoms with Gasteiger partial charge in [0.2, 0.25) is 0 Å². The van der Waals surface area contributed by atoms with Crippen LogP contribution in [-0.4, -0.2) is 13.3 Å². The Morgan fingerprint density at radius 2 is 0.933 bits per heavy atom. The molecule has 0 aliphatic heterocycles. The molecule has 0 aliphatic carbocycles. The van der Waals surface area contributed by atoms with E-state index in [-0.39, 0.29) is 0 Å². The van der Waals surface area contributed by atoms with Crippen molar-refractivity contribution in [2.24, 2.45) is 0 Å². The minimum atomic E-state index is -1.46. The van der Waals surface area contributed by atoms with Crippen LogP contribution in [0.15, 0.2) is 60.7 Å². The van der Waals surface area contributed by atoms with E-state index in [1.54, 1.807) is 0 Å². The molecule has 0 saturated heterocycles. The summed E-state index contributed by atoms with van der Waals surface area (Å²) in [5.41, 5.74) is 0. The third kappa shape index (κ3) is 2.11. The second kappa shape index (κ2) is 4.16. The van der Waals surface area contributed by atoms with E-state index in [0.29, 0.717) is 0 Å². The summed E-state index contributed by atoms with van der Waals surface area (Å²) in [6, 6.07) is 21.7. The molecule has 2 aromatic carbocycles. The number of rotatable bonds is 2. The van der Waals surface area contributed by atoms with Crippen molar-refractivity contribution in [2.75, 3.05) is 13.3 Å². The van der Waals surface area contributed by atoms with Crippen LogP contribution in [0.2, 0.25) is 0 Å². The molecule has 0 heterocycles. The zero-order valence-electron chi connectivity index (χ0n) is 9.27. The molecule has 0 spiro atoms. The van der Waals surface area contributed by atoms with Crippen LogP contribution in [-0.2, 0) is 0 Å². The van der Waals surface area contributed by atoms with E-state index < -0.39 is 7.26 Å². The van der Waals surface area contributed by atoms with Crippen LogP contribution < -0.4 is 10.6 Å². The molecule has 0 aliphatic rings. The summed E-state index contributed by atoms with van der Waals surface area (Å²) in [5, 5.41) is 2.99. The van der Waals surface area contributed by atoms with Crippen molar-refractivity contribution in [3.63, 3.8) is 0 Å². The molecular weight excluding hydrogens is 199 g/mol. The van der Waals surface area contributed by atoms with Crippen LogP contribution in [0.4, 0.5) is 0 Å². The third-order valence-corrected chi connectivity index (χ3v) is 6.54. The fraction of sp³-hybridized carbons (Fsp3) is 0.143. The van der Waals surface area contributed by atoms with Crippen molar-refractivity contribution < 1.29 is 0 Å². The van der Waals surface area contributed by atoms with Crippen LogP contribution in [0.25, 0.3) is 0 Å². The number of hydrogen-bond acceptors (Lipinski definition) is 0. The average molecular weight is 216 g/mol. The van der Waals surface area contributed by atoms with Crippen LogP contribution in [0.3, 0.4) is 0 Å². The van der Waals surface area contributed by atoms with Crippen LogP contribution >= 0.6 is 7.26 Å². The molecule has 0 nitrogen and oxygen atoms in total. The van der Waals surface area contributed by atoms with Gasteiger partial charge in [0.15, 0.2) is 0 Å². The molecule has 2 aromatic rings. The fourth-order valence-electron chi connectivity index (χ4n) is 1.88. The molecule has 0 fully saturated rings. The van der Waals surface area contributed by atoms with Gasteiger partial charge in [-0.3, -0.25) is 0 Å². The molecule has 2 rings (SSSR count). The van der Waals surface area contributed by atoms with Crippen molar-refractivity contribution in [2.45, 2.75) is 0 Å². The van der Waals surface area contributed by atoms with E-state index in [2.05, 4.69) is 74.0 Å². The number of hydrogen-bond donors (Lipinski definition) is 0. The minimum absolute atomic E-state index is 1.46. The van der Waals surface area contributed by atoms with E-state index in [1.165, 1.54) is 10.6 Å². The normalized spacial score (nSPS) is 12.4. The van der Waals surface area contributed by atoms with Gasteiger partial charge in [0.25, 0.3) is 0 Å². The maximum atomic E-state index is 2.40. The first-order chi connectivity index (χ1) is 7.21. The molecule has 1 heteroatoms. The van der Waals surface area contributed by atoms with Crippen LogP contribution in [0.1, 0.15) is 0 Å². The van der Waals surface area contributed by atoms with Gasteiger partial charge < -0.3 is 0 Å². The van der Waals surface area contributed by atoms with E-state index >= 15 is 0 Å². The summed E-state index contributed by atoms with van der Waals surface area (Å²) in [4.78, 5) is 0. The molecule has 0 N–H and O–H groups in total. The second-order valence-electron chi connectivity index (χ2n) is 4.36. The van der Waals surface area contributed by atoms with Crippen molar-refractivity contribution in [3.05, 3.63) is 60.7 Å². The Balaban J connectivity index is 2.44. The molecule has 0 unspecified atom stereocenters. The topological polar surface area (TPSA) is 0 Å². The zero-order valence-corrected chi connectivity index (χ0v) is 10.3. The van der Waals surface area contributed by atoms with Gasteiger partial charge in [-0.15, -0.1) is 0 Å². The first-order valence-electron chi connectivity index (χ1n) is 5.32. The molecule has 0 aromatic heterocycles. The SMILES string of the molecule is C[PH](C)(c1ccccc1)c1ccccc1. The summed E-state index contributed by atoms with van der Waals surface area (Å²) in [7, 11) is -1.46. The molecule has 78 valence electrons. The predicted octanol–water partition coefficient (Wildman–Crippen LogP) is 2.65. The second-order valence-corrected chi connectivity index (χ2v) is 8.76. The van der Waals surface area contributed by atoms with Crippen molar-refractivity contribution in [1.29, 1.82) is 0 Å². The van der Waals surface area contributed by atoms with Crippen molar-refractivity contribution in [3.8, 4) is 0 Å². The summed E-state index contributed by atoms with van der Waals surface area (Å²) >= 11 is 0. The van der Waals surface area contributed by atoms with Gasteiger partial charge in [-0.1, -0.05) is 0 Å². The van der Waals surface area contributed by atoms with E-state index in [4.69, 9.17) is 0 Å². The van der Waals surface area contributed by atoms with E-state index in [1.807, 2.05) is 0 Å². The van der Waals surface area contributed by atoms with Gasteiger partial charge in [0.1, 0.15) is 0 Å². The van der Waals surface area contributed by atoms with Gasteiger partial charge in [0, 0.05) is 0 Å². The molecule has 0 saturated carbocycles. The Labute approximate surface area is 92.3 Å². The predicted molar refractivity (Wildman–Crippen MR) is 72.3 cm³/mol. The molecule has 0 bridgehead atoms. The third-order valence-electron chi connectivity index (χ3n) is 2.99. The summed E-state index contributed by atoms with van der Waals surface area (Å²) in [6.07, 6.45) is 0. The Hall–Kier alpha value is -1.13. The van der Waals surface area contributed by atoms with E-state index in [0.717, 1.165) is 0 Å². The van der Waals surface area contributed by atoms with Gasteiger partial charge in [-0.2, -0.15) is 0 Å². The molecule has 0 radical (unpaired) electrons. The monoisotopic (exact) mass is 216 g/mol. The average Bonchev–Trinajstić information content (AvgIpc) is 2.31. The number of benzene rings is 2. The van der Waals surface area contributed by atoms with Crippen LogP contribution in [0, 0.1) is 0 Å². The van der Waals surface area contributed by atoms with Crippen molar-refractivity contribution in [1.82, 2.24) is 0 Å². The van der Waals surface area contributed by atoms with Gasteiger partial charge in [-0.05, 0) is 0 Å². The summed E-state index contributed by atoms with van der Waals surface area (Å²) < 4.78 is 0. The molecule has 0 atom stereocenters. The fourth-order valence-corrected chi connectivity index (χ4v) is 4.26. The first-order valence-corrected chi connectivity index (χ1v) is 8.32. The van der Waals surface area contributed by atoms with Crippen molar-refractivity contribution >= 4 is 17.9 Å². The van der Waals surface area contributed by atoms with E-state index in [9.17, 15) is 0 Å². The zero-order chi connectivity index (χ0) is 10.7. The summed E-state index contributed by atoms with van der Waals surface area (Å²) in [5.74, 6) is 0. The quantitative estimate of drug-likeness (QED) is 0.677. The van der Waals surface area contributed by atoms with Crippen LogP contribution in [0.5, 0.6) is 0 Å². The maximum absolute atomic E-state index is 2.40. The standard InChI is InChI=1S/C14H17P/c1-15(2,13-9-5-3-6-10-13)14-11-7-4-8-12-14/h3-12,15H,1-2H3. The van der Waals surface area contributed by atoms with Gasteiger partial charge >= 0.3 is 91.9 Å². The Kier molecular flexibility index (Phi) is 2.88. The Bertz CT molecular complexity index is 376. The Morgan fingerprint density at radius 1 is 0.600 bits per heavy atom. The van der Waals surface area contributed by atoms with Gasteiger partial charge in [-0.25, -0.2) is 0 Å². The first kappa shape index (κ1) is 10.4. The molecule has 0 amide bonds. The molecule has 15 heavy (non-hydrogen) atoms.